The first kappa shape index (κ1) is 18.1. The molecule has 6 rings (SSSR count). The Hall–Kier alpha value is -3.70. The molecule has 5 heteroatoms. The Labute approximate surface area is 180 Å². The van der Waals surface area contributed by atoms with Crippen LogP contribution in [0.1, 0.15) is 24.8 Å². The van der Waals surface area contributed by atoms with E-state index in [9.17, 15) is 0 Å². The van der Waals surface area contributed by atoms with Crippen LogP contribution in [-0.2, 0) is 5.54 Å². The van der Waals surface area contributed by atoms with E-state index in [1.165, 1.54) is 12.0 Å². The molecule has 0 radical (unpaired) electrons. The Balaban J connectivity index is 1.57. The van der Waals surface area contributed by atoms with Gasteiger partial charge in [0, 0.05) is 40.2 Å². The van der Waals surface area contributed by atoms with Gasteiger partial charge in [0.15, 0.2) is 0 Å². The van der Waals surface area contributed by atoms with E-state index in [0.29, 0.717) is 0 Å². The number of nitrogens with one attached hydrogen (secondary N) is 1. The molecule has 0 unspecified atom stereocenters. The molecule has 5 nitrogen and oxygen atoms in total. The third kappa shape index (κ3) is 2.89. The molecule has 1 aliphatic carbocycles. The van der Waals surface area contributed by atoms with Gasteiger partial charge in [0.25, 0.3) is 0 Å². The predicted molar refractivity (Wildman–Crippen MR) is 123 cm³/mol. The van der Waals surface area contributed by atoms with Gasteiger partial charge < -0.3 is 5.73 Å². The van der Waals surface area contributed by atoms with Gasteiger partial charge in [-0.25, -0.2) is 4.98 Å². The Kier molecular flexibility index (Phi) is 4.04. The van der Waals surface area contributed by atoms with Gasteiger partial charge >= 0.3 is 0 Å². The van der Waals surface area contributed by atoms with E-state index in [2.05, 4.69) is 81.5 Å². The fourth-order valence-electron chi connectivity index (χ4n) is 4.57. The molecule has 3 aromatic heterocycles. The summed E-state index contributed by atoms with van der Waals surface area (Å²) in [4.78, 5) is 5.13. The smallest absolute Gasteiger partial charge is 0.146 e. The Morgan fingerprint density at radius 2 is 1.68 bits per heavy atom. The number of hydrogen-bond acceptors (Lipinski definition) is 3. The highest BCUT2D eigenvalue weighted by Gasteiger charge is 2.34. The largest absolute Gasteiger partial charge is 0.321 e. The fraction of sp³-hybridized carbons (Fsp3) is 0.154. The molecule has 31 heavy (non-hydrogen) atoms. The predicted octanol–water partition coefficient (Wildman–Crippen LogP) is 5.40. The topological polar surface area (TPSA) is 72.0 Å². The molecule has 1 aliphatic rings. The van der Waals surface area contributed by atoms with E-state index in [4.69, 9.17) is 10.7 Å². The summed E-state index contributed by atoms with van der Waals surface area (Å²) in [6.07, 6.45) is 9.14. The van der Waals surface area contributed by atoms with Crippen LogP contribution in [0, 0.1) is 0 Å². The zero-order chi connectivity index (χ0) is 20.8. The average molecular weight is 406 g/mol. The molecular formula is C26H23N5. The Morgan fingerprint density at radius 3 is 2.35 bits per heavy atom. The van der Waals surface area contributed by atoms with Crippen LogP contribution in [0.4, 0.5) is 0 Å². The van der Waals surface area contributed by atoms with Gasteiger partial charge in [-0.15, -0.1) is 0 Å². The third-order valence-corrected chi connectivity index (χ3v) is 6.49. The quantitative estimate of drug-likeness (QED) is 0.421. The van der Waals surface area contributed by atoms with Gasteiger partial charge in [0.2, 0.25) is 0 Å². The van der Waals surface area contributed by atoms with Crippen LogP contribution in [0.5, 0.6) is 0 Å². The monoisotopic (exact) mass is 405 g/mol. The highest BCUT2D eigenvalue weighted by Crippen LogP contribution is 2.40. The maximum Gasteiger partial charge on any atom is 0.146 e. The SMILES string of the molecule is NC1(c2ccc(-c3nc4c(-c5cn[nH]c5)cccn4c3-c3ccccc3)cc2)CCC1. The van der Waals surface area contributed by atoms with Crippen LogP contribution < -0.4 is 5.73 Å². The molecule has 3 N–H and O–H groups in total. The van der Waals surface area contributed by atoms with Crippen molar-refractivity contribution in [3.8, 4) is 33.6 Å². The number of nitrogens with two attached hydrogens (primary N) is 1. The van der Waals surface area contributed by atoms with E-state index in [1.807, 2.05) is 18.5 Å². The summed E-state index contributed by atoms with van der Waals surface area (Å²) in [7, 11) is 0. The number of fused-ring (bicyclic) bond motifs is 1. The lowest BCUT2D eigenvalue weighted by Gasteiger charge is -2.38. The minimum Gasteiger partial charge on any atom is -0.321 e. The second-order valence-electron chi connectivity index (χ2n) is 8.36. The summed E-state index contributed by atoms with van der Waals surface area (Å²) in [5.74, 6) is 0. The van der Waals surface area contributed by atoms with Crippen LogP contribution in [0.25, 0.3) is 39.3 Å². The Bertz CT molecular complexity index is 1340. The molecule has 0 spiro atoms. The molecule has 3 heterocycles. The van der Waals surface area contributed by atoms with Gasteiger partial charge in [0.05, 0.1) is 17.6 Å². The second-order valence-corrected chi connectivity index (χ2v) is 8.36. The number of aromatic nitrogens is 4. The zero-order valence-corrected chi connectivity index (χ0v) is 17.1. The molecule has 152 valence electrons. The van der Waals surface area contributed by atoms with E-state index >= 15 is 0 Å². The fourth-order valence-corrected chi connectivity index (χ4v) is 4.57. The lowest BCUT2D eigenvalue weighted by atomic mass is 9.72. The molecular weight excluding hydrogens is 382 g/mol. The number of H-pyrrole nitrogens is 1. The third-order valence-electron chi connectivity index (χ3n) is 6.49. The molecule has 0 atom stereocenters. The number of benzene rings is 2. The molecule has 0 aliphatic heterocycles. The summed E-state index contributed by atoms with van der Waals surface area (Å²) < 4.78 is 2.18. The van der Waals surface area contributed by atoms with Crippen LogP contribution >= 0.6 is 0 Å². The molecule has 0 bridgehead atoms. The van der Waals surface area contributed by atoms with Gasteiger partial charge in [-0.1, -0.05) is 54.6 Å². The van der Waals surface area contributed by atoms with Crippen LogP contribution in [0.3, 0.4) is 0 Å². The summed E-state index contributed by atoms with van der Waals surface area (Å²) in [5.41, 5.74) is 14.8. The molecule has 1 fully saturated rings. The number of pyridine rings is 1. The lowest BCUT2D eigenvalue weighted by Crippen LogP contribution is -2.43. The first-order chi connectivity index (χ1) is 15.2. The Morgan fingerprint density at radius 1 is 0.871 bits per heavy atom. The van der Waals surface area contributed by atoms with Crippen molar-refractivity contribution in [3.05, 3.63) is 90.9 Å². The minimum atomic E-state index is -0.159. The van der Waals surface area contributed by atoms with Gasteiger partial charge in [-0.05, 0) is 37.0 Å². The first-order valence-corrected chi connectivity index (χ1v) is 10.7. The highest BCUT2D eigenvalue weighted by atomic mass is 15.1. The van der Waals surface area contributed by atoms with Crippen molar-refractivity contribution < 1.29 is 0 Å². The van der Waals surface area contributed by atoms with Crippen molar-refractivity contribution in [2.75, 3.05) is 0 Å². The van der Waals surface area contributed by atoms with Crippen molar-refractivity contribution in [1.29, 1.82) is 0 Å². The van der Waals surface area contributed by atoms with Crippen LogP contribution in [-0.4, -0.2) is 19.6 Å². The maximum atomic E-state index is 6.54. The summed E-state index contributed by atoms with van der Waals surface area (Å²) in [6, 6.07) is 23.2. The normalized spacial score (nSPS) is 15.1. The summed E-state index contributed by atoms with van der Waals surface area (Å²) >= 11 is 0. The number of nitrogens with zero attached hydrogens (tertiary/aromatic N) is 3. The van der Waals surface area contributed by atoms with Gasteiger partial charge in [-0.2, -0.15) is 5.10 Å². The summed E-state index contributed by atoms with van der Waals surface area (Å²) in [6.45, 7) is 0. The van der Waals surface area contributed by atoms with Crippen molar-refractivity contribution in [2.24, 2.45) is 5.73 Å². The lowest BCUT2D eigenvalue weighted by molar-refractivity contribution is 0.253. The molecule has 2 aromatic carbocycles. The van der Waals surface area contributed by atoms with E-state index in [0.717, 1.165) is 52.1 Å². The van der Waals surface area contributed by atoms with Crippen molar-refractivity contribution in [3.63, 3.8) is 0 Å². The van der Waals surface area contributed by atoms with Gasteiger partial charge in [-0.3, -0.25) is 9.50 Å². The minimum absolute atomic E-state index is 0.159. The van der Waals surface area contributed by atoms with Crippen molar-refractivity contribution in [2.45, 2.75) is 24.8 Å². The van der Waals surface area contributed by atoms with Gasteiger partial charge in [0.1, 0.15) is 5.65 Å². The second kappa shape index (κ2) is 6.93. The first-order valence-electron chi connectivity index (χ1n) is 10.7. The van der Waals surface area contributed by atoms with Crippen LogP contribution in [0.2, 0.25) is 0 Å². The number of imidazole rings is 1. The highest BCUT2D eigenvalue weighted by molar-refractivity contribution is 5.87. The average Bonchev–Trinajstić information content (AvgIpc) is 3.46. The van der Waals surface area contributed by atoms with Crippen molar-refractivity contribution >= 4 is 5.65 Å². The number of aromatic amines is 1. The molecule has 5 aromatic rings. The number of hydrogen-bond donors (Lipinski definition) is 2. The number of rotatable bonds is 4. The van der Waals surface area contributed by atoms with Crippen LogP contribution in [0.15, 0.2) is 85.3 Å². The molecule has 1 saturated carbocycles. The maximum absolute atomic E-state index is 6.54. The van der Waals surface area contributed by atoms with E-state index < -0.39 is 0 Å². The summed E-state index contributed by atoms with van der Waals surface area (Å²) in [5, 5.41) is 7.03. The van der Waals surface area contributed by atoms with E-state index in [-0.39, 0.29) is 5.54 Å². The standard InChI is InChI=1S/C26H23N5/c27-26(13-5-14-26)21-11-9-18(10-12-21)23-24(19-6-2-1-3-7-19)31-15-4-8-22(25(31)30-23)20-16-28-29-17-20/h1-4,6-12,15-17H,5,13-14,27H2,(H,28,29). The van der Waals surface area contributed by atoms with E-state index in [1.54, 1.807) is 0 Å². The molecule has 0 saturated heterocycles. The zero-order valence-electron chi connectivity index (χ0n) is 17.1. The molecule has 0 amide bonds. The van der Waals surface area contributed by atoms with Crippen molar-refractivity contribution in [1.82, 2.24) is 19.6 Å².